The molecule has 2 rings (SSSR count). The predicted octanol–water partition coefficient (Wildman–Crippen LogP) is 2.24. The lowest BCUT2D eigenvalue weighted by molar-refractivity contribution is -0.123. The van der Waals surface area contributed by atoms with Gasteiger partial charge in [-0.15, -0.1) is 0 Å². The molecule has 4 nitrogen and oxygen atoms in total. The number of benzene rings is 1. The van der Waals surface area contributed by atoms with E-state index in [1.807, 2.05) is 6.07 Å². The van der Waals surface area contributed by atoms with Gasteiger partial charge < -0.3 is 10.1 Å². The molecule has 0 bridgehead atoms. The molecule has 1 aliphatic carbocycles. The minimum absolute atomic E-state index is 0.0264. The highest BCUT2D eigenvalue weighted by molar-refractivity contribution is 5.77. The molecule has 0 aromatic heterocycles. The first-order valence-electron chi connectivity index (χ1n) is 6.67. The zero-order valence-corrected chi connectivity index (χ0v) is 10.9. The smallest absolute Gasteiger partial charge is 0.257 e. The number of hydrogen-bond donors (Lipinski definition) is 1. The Balaban J connectivity index is 1.69. The Labute approximate surface area is 113 Å². The van der Waals surface area contributed by atoms with Gasteiger partial charge in [-0.3, -0.25) is 4.79 Å². The molecule has 100 valence electrons. The number of carbonyl (C=O) groups excluding carboxylic acids is 1. The van der Waals surface area contributed by atoms with E-state index in [4.69, 9.17) is 10.00 Å². The van der Waals surface area contributed by atoms with E-state index in [9.17, 15) is 4.79 Å². The van der Waals surface area contributed by atoms with Crippen molar-refractivity contribution in [1.29, 1.82) is 5.26 Å². The van der Waals surface area contributed by atoms with Crippen molar-refractivity contribution in [3.63, 3.8) is 0 Å². The van der Waals surface area contributed by atoms with Crippen LogP contribution in [0, 0.1) is 17.2 Å². The Kier molecular flexibility index (Phi) is 4.79. The first-order valence-corrected chi connectivity index (χ1v) is 6.67. The van der Waals surface area contributed by atoms with Crippen molar-refractivity contribution in [2.75, 3.05) is 13.2 Å². The van der Waals surface area contributed by atoms with E-state index < -0.39 is 0 Å². The van der Waals surface area contributed by atoms with Crippen LogP contribution >= 0.6 is 0 Å². The van der Waals surface area contributed by atoms with E-state index in [-0.39, 0.29) is 12.5 Å². The summed E-state index contributed by atoms with van der Waals surface area (Å²) in [6.07, 6.45) is 5.00. The number of nitrogens with zero attached hydrogens (tertiary/aromatic N) is 1. The van der Waals surface area contributed by atoms with Crippen molar-refractivity contribution < 1.29 is 9.53 Å². The maximum absolute atomic E-state index is 11.6. The Morgan fingerprint density at radius 3 is 2.63 bits per heavy atom. The highest BCUT2D eigenvalue weighted by atomic mass is 16.5. The van der Waals surface area contributed by atoms with Crippen LogP contribution in [-0.4, -0.2) is 19.1 Å². The van der Waals surface area contributed by atoms with Gasteiger partial charge in [-0.05, 0) is 43.0 Å². The van der Waals surface area contributed by atoms with E-state index >= 15 is 0 Å². The van der Waals surface area contributed by atoms with Crippen molar-refractivity contribution >= 4 is 5.91 Å². The summed E-state index contributed by atoms with van der Waals surface area (Å²) in [6.45, 7) is 0.786. The largest absolute Gasteiger partial charge is 0.484 e. The maximum Gasteiger partial charge on any atom is 0.257 e. The van der Waals surface area contributed by atoms with Crippen LogP contribution in [0.3, 0.4) is 0 Å². The van der Waals surface area contributed by atoms with Crippen LogP contribution < -0.4 is 10.1 Å². The van der Waals surface area contributed by atoms with Crippen LogP contribution in [0.25, 0.3) is 0 Å². The molecule has 1 fully saturated rings. The van der Waals surface area contributed by atoms with E-state index in [1.165, 1.54) is 25.7 Å². The summed E-state index contributed by atoms with van der Waals surface area (Å²) in [7, 11) is 0. The lowest BCUT2D eigenvalue weighted by Crippen LogP contribution is -2.32. The average Bonchev–Trinajstić information content (AvgIpc) is 2.96. The van der Waals surface area contributed by atoms with Gasteiger partial charge in [0.05, 0.1) is 11.6 Å². The molecule has 1 saturated carbocycles. The molecule has 1 amide bonds. The van der Waals surface area contributed by atoms with Crippen molar-refractivity contribution in [2.24, 2.45) is 5.92 Å². The first-order chi connectivity index (χ1) is 9.28. The van der Waals surface area contributed by atoms with Crippen molar-refractivity contribution in [2.45, 2.75) is 25.7 Å². The lowest BCUT2D eigenvalue weighted by atomic mass is 10.1. The Morgan fingerprint density at radius 2 is 2.00 bits per heavy atom. The predicted molar refractivity (Wildman–Crippen MR) is 71.6 cm³/mol. The summed E-state index contributed by atoms with van der Waals surface area (Å²) in [5.74, 6) is 1.16. The molecule has 0 radical (unpaired) electrons. The minimum Gasteiger partial charge on any atom is -0.484 e. The Hall–Kier alpha value is -2.02. The fourth-order valence-electron chi connectivity index (χ4n) is 2.30. The fourth-order valence-corrected chi connectivity index (χ4v) is 2.30. The molecule has 0 saturated heterocycles. The van der Waals surface area contributed by atoms with Gasteiger partial charge >= 0.3 is 0 Å². The molecular weight excluding hydrogens is 240 g/mol. The van der Waals surface area contributed by atoms with E-state index in [2.05, 4.69) is 5.32 Å². The molecular formula is C15H18N2O2. The Morgan fingerprint density at radius 1 is 1.32 bits per heavy atom. The monoisotopic (exact) mass is 258 g/mol. The molecule has 4 heteroatoms. The molecule has 1 aromatic rings. The highest BCUT2D eigenvalue weighted by Crippen LogP contribution is 2.23. The standard InChI is InChI=1S/C15H18N2O2/c16-9-12-5-7-14(8-6-12)19-11-15(18)17-10-13-3-1-2-4-13/h5-8,13H,1-4,10-11H2,(H,17,18). The van der Waals surface area contributed by atoms with Crippen LogP contribution in [0.4, 0.5) is 0 Å². The van der Waals surface area contributed by atoms with E-state index in [0.717, 1.165) is 6.54 Å². The molecule has 0 atom stereocenters. The van der Waals surface area contributed by atoms with Gasteiger partial charge in [0, 0.05) is 6.54 Å². The molecule has 0 aliphatic heterocycles. The summed E-state index contributed by atoms with van der Waals surface area (Å²) >= 11 is 0. The number of nitriles is 1. The summed E-state index contributed by atoms with van der Waals surface area (Å²) in [5.41, 5.74) is 0.582. The number of hydrogen-bond acceptors (Lipinski definition) is 3. The number of nitrogens with one attached hydrogen (secondary N) is 1. The summed E-state index contributed by atoms with van der Waals surface area (Å²) in [5, 5.41) is 11.6. The fraction of sp³-hybridized carbons (Fsp3) is 0.467. The third-order valence-electron chi connectivity index (χ3n) is 3.42. The topological polar surface area (TPSA) is 62.1 Å². The molecule has 1 aromatic carbocycles. The van der Waals surface area contributed by atoms with Crippen LogP contribution in [0.15, 0.2) is 24.3 Å². The first kappa shape index (κ1) is 13.4. The summed E-state index contributed by atoms with van der Waals surface area (Å²) in [6, 6.07) is 8.77. The van der Waals surface area contributed by atoms with Crippen molar-refractivity contribution in [3.05, 3.63) is 29.8 Å². The minimum atomic E-state index is -0.0868. The zero-order valence-electron chi connectivity index (χ0n) is 10.9. The second-order valence-corrected chi connectivity index (χ2v) is 4.88. The number of ether oxygens (including phenoxy) is 1. The van der Waals surface area contributed by atoms with Gasteiger partial charge in [0.25, 0.3) is 5.91 Å². The molecule has 19 heavy (non-hydrogen) atoms. The van der Waals surface area contributed by atoms with Crippen LogP contribution in [-0.2, 0) is 4.79 Å². The second kappa shape index (κ2) is 6.79. The SMILES string of the molecule is N#Cc1ccc(OCC(=O)NCC2CCCC2)cc1. The zero-order chi connectivity index (χ0) is 13.5. The molecule has 1 N–H and O–H groups in total. The van der Waals surface area contributed by atoms with Gasteiger partial charge in [0.1, 0.15) is 5.75 Å². The number of rotatable bonds is 5. The van der Waals surface area contributed by atoms with Crippen molar-refractivity contribution in [3.8, 4) is 11.8 Å². The van der Waals surface area contributed by atoms with Crippen LogP contribution in [0.5, 0.6) is 5.75 Å². The van der Waals surface area contributed by atoms with Crippen LogP contribution in [0.1, 0.15) is 31.2 Å². The normalized spacial score (nSPS) is 14.9. The third-order valence-corrected chi connectivity index (χ3v) is 3.42. The molecule has 0 unspecified atom stereocenters. The van der Waals surface area contributed by atoms with E-state index in [0.29, 0.717) is 17.2 Å². The molecule has 1 aliphatic rings. The molecule has 0 spiro atoms. The van der Waals surface area contributed by atoms with Gasteiger partial charge in [0.2, 0.25) is 0 Å². The number of amides is 1. The van der Waals surface area contributed by atoms with Gasteiger partial charge in [-0.2, -0.15) is 5.26 Å². The van der Waals surface area contributed by atoms with Gasteiger partial charge in [-0.1, -0.05) is 12.8 Å². The van der Waals surface area contributed by atoms with E-state index in [1.54, 1.807) is 24.3 Å². The van der Waals surface area contributed by atoms with Gasteiger partial charge in [0.15, 0.2) is 6.61 Å². The summed E-state index contributed by atoms with van der Waals surface area (Å²) < 4.78 is 5.36. The lowest BCUT2D eigenvalue weighted by Gasteiger charge is -2.11. The second-order valence-electron chi connectivity index (χ2n) is 4.88. The van der Waals surface area contributed by atoms with Gasteiger partial charge in [-0.25, -0.2) is 0 Å². The van der Waals surface area contributed by atoms with Crippen molar-refractivity contribution in [1.82, 2.24) is 5.32 Å². The number of carbonyl (C=O) groups is 1. The van der Waals surface area contributed by atoms with Crippen LogP contribution in [0.2, 0.25) is 0 Å². The average molecular weight is 258 g/mol. The Bertz CT molecular complexity index is 456. The maximum atomic E-state index is 11.6. The quantitative estimate of drug-likeness (QED) is 0.881. The molecule has 0 heterocycles. The third kappa shape index (κ3) is 4.29. The summed E-state index contributed by atoms with van der Waals surface area (Å²) in [4.78, 5) is 11.6. The highest BCUT2D eigenvalue weighted by Gasteiger charge is 2.15.